The van der Waals surface area contributed by atoms with Crippen molar-refractivity contribution >= 4 is 58.0 Å². The molecule has 0 saturated carbocycles. The minimum atomic E-state index is -0.756. The number of anilines is 1. The van der Waals surface area contributed by atoms with Crippen molar-refractivity contribution in [2.75, 3.05) is 5.32 Å². The molecule has 2 aromatic carbocycles. The lowest BCUT2D eigenvalue weighted by Crippen LogP contribution is -2.30. The van der Waals surface area contributed by atoms with Crippen LogP contribution in [0.5, 0.6) is 5.75 Å². The van der Waals surface area contributed by atoms with E-state index in [9.17, 15) is 4.79 Å². The largest absolute Gasteiger partial charge is 0.479 e. The first-order valence-corrected chi connectivity index (χ1v) is 7.75. The summed E-state index contributed by atoms with van der Waals surface area (Å²) < 4.78 is 5.53. The summed E-state index contributed by atoms with van der Waals surface area (Å²) in [5.41, 5.74) is 0.525. The summed E-state index contributed by atoms with van der Waals surface area (Å²) in [6, 6.07) is 9.58. The van der Waals surface area contributed by atoms with Gasteiger partial charge < -0.3 is 10.1 Å². The van der Waals surface area contributed by atoms with Gasteiger partial charge in [-0.1, -0.05) is 46.4 Å². The highest BCUT2D eigenvalue weighted by Gasteiger charge is 2.17. The van der Waals surface area contributed by atoms with Crippen molar-refractivity contribution in [1.29, 1.82) is 0 Å². The zero-order valence-electron chi connectivity index (χ0n) is 11.4. The Morgan fingerprint density at radius 3 is 2.36 bits per heavy atom. The van der Waals surface area contributed by atoms with Crippen LogP contribution < -0.4 is 10.1 Å². The second-order valence-electron chi connectivity index (χ2n) is 4.45. The lowest BCUT2D eigenvalue weighted by molar-refractivity contribution is -0.122. The minimum Gasteiger partial charge on any atom is -0.479 e. The smallest absolute Gasteiger partial charge is 0.265 e. The Bertz CT molecular complexity index is 706. The maximum atomic E-state index is 12.1. The highest BCUT2D eigenvalue weighted by molar-refractivity contribution is 6.42. The number of hydrogen-bond donors (Lipinski definition) is 1. The highest BCUT2D eigenvalue weighted by atomic mass is 35.5. The molecule has 0 bridgehead atoms. The van der Waals surface area contributed by atoms with Gasteiger partial charge in [-0.25, -0.2) is 0 Å². The fraction of sp³-hybridized carbons (Fsp3) is 0.133. The normalized spacial score (nSPS) is 11.9. The third-order valence-electron chi connectivity index (χ3n) is 2.75. The van der Waals surface area contributed by atoms with Crippen molar-refractivity contribution in [3.63, 3.8) is 0 Å². The number of nitrogens with one attached hydrogen (secondary N) is 1. The van der Waals surface area contributed by atoms with E-state index in [1.54, 1.807) is 43.3 Å². The van der Waals surface area contributed by atoms with Crippen molar-refractivity contribution in [3.05, 3.63) is 56.5 Å². The predicted molar refractivity (Wildman–Crippen MR) is 91.6 cm³/mol. The average Bonchev–Trinajstić information content (AvgIpc) is 2.45. The molecule has 0 aliphatic heterocycles. The Hall–Kier alpha value is -1.13. The van der Waals surface area contributed by atoms with Crippen LogP contribution in [0.1, 0.15) is 6.92 Å². The van der Waals surface area contributed by atoms with Crippen LogP contribution in [0.15, 0.2) is 36.4 Å². The van der Waals surface area contributed by atoms with E-state index in [1.807, 2.05) is 0 Å². The molecule has 1 N–H and O–H groups in total. The number of carbonyl (C=O) groups excluding carboxylic acids is 1. The molecule has 2 aromatic rings. The summed E-state index contributed by atoms with van der Waals surface area (Å²) in [7, 11) is 0. The molecule has 0 aliphatic rings. The van der Waals surface area contributed by atoms with Crippen LogP contribution in [0.2, 0.25) is 20.1 Å². The molecular weight excluding hydrogens is 368 g/mol. The third kappa shape index (κ3) is 4.43. The highest BCUT2D eigenvalue weighted by Crippen LogP contribution is 2.29. The van der Waals surface area contributed by atoms with Gasteiger partial charge in [-0.2, -0.15) is 0 Å². The molecule has 1 unspecified atom stereocenters. The van der Waals surface area contributed by atoms with Crippen molar-refractivity contribution in [3.8, 4) is 5.75 Å². The number of hydrogen-bond acceptors (Lipinski definition) is 2. The van der Waals surface area contributed by atoms with E-state index in [4.69, 9.17) is 51.1 Å². The molecule has 1 amide bonds. The van der Waals surface area contributed by atoms with Gasteiger partial charge in [-0.3, -0.25) is 4.79 Å². The molecule has 0 spiro atoms. The molecule has 7 heteroatoms. The van der Waals surface area contributed by atoms with Gasteiger partial charge in [0, 0.05) is 10.7 Å². The summed E-state index contributed by atoms with van der Waals surface area (Å²) in [4.78, 5) is 12.1. The fourth-order valence-corrected chi connectivity index (χ4v) is 2.38. The van der Waals surface area contributed by atoms with Gasteiger partial charge in [-0.05, 0) is 43.3 Å². The number of carbonyl (C=O) groups is 1. The van der Waals surface area contributed by atoms with Gasteiger partial charge in [-0.15, -0.1) is 0 Å². The van der Waals surface area contributed by atoms with Crippen LogP contribution in [0.25, 0.3) is 0 Å². The maximum Gasteiger partial charge on any atom is 0.265 e. The Kier molecular flexibility index (Phi) is 5.81. The fourth-order valence-electron chi connectivity index (χ4n) is 1.63. The third-order valence-corrected chi connectivity index (χ3v) is 4.02. The maximum absolute atomic E-state index is 12.1. The van der Waals surface area contributed by atoms with Gasteiger partial charge in [0.15, 0.2) is 6.10 Å². The van der Waals surface area contributed by atoms with E-state index in [0.717, 1.165) is 0 Å². The van der Waals surface area contributed by atoms with Gasteiger partial charge in [0.25, 0.3) is 5.91 Å². The van der Waals surface area contributed by atoms with E-state index >= 15 is 0 Å². The summed E-state index contributed by atoms with van der Waals surface area (Å²) in [5, 5.41) is 4.28. The minimum absolute atomic E-state index is 0.335. The first-order valence-electron chi connectivity index (χ1n) is 6.24. The molecule has 3 nitrogen and oxygen atoms in total. The molecule has 22 heavy (non-hydrogen) atoms. The van der Waals surface area contributed by atoms with Gasteiger partial charge in [0.1, 0.15) is 5.75 Å². The molecule has 0 fully saturated rings. The number of amides is 1. The second kappa shape index (κ2) is 7.42. The molecule has 1 atom stereocenters. The molecule has 0 aromatic heterocycles. The summed E-state index contributed by atoms with van der Waals surface area (Å²) >= 11 is 23.5. The second-order valence-corrected chi connectivity index (χ2v) is 6.11. The number of rotatable bonds is 4. The quantitative estimate of drug-likeness (QED) is 0.740. The topological polar surface area (TPSA) is 38.3 Å². The Morgan fingerprint density at radius 2 is 1.73 bits per heavy atom. The molecule has 0 saturated heterocycles. The van der Waals surface area contributed by atoms with E-state index in [2.05, 4.69) is 5.32 Å². The van der Waals surface area contributed by atoms with Crippen LogP contribution in [0.4, 0.5) is 5.69 Å². The summed E-state index contributed by atoms with van der Waals surface area (Å²) in [5.74, 6) is 0.0345. The Morgan fingerprint density at radius 1 is 1.00 bits per heavy atom. The lowest BCUT2D eigenvalue weighted by Gasteiger charge is -2.16. The number of benzene rings is 2. The summed E-state index contributed by atoms with van der Waals surface area (Å²) in [6.45, 7) is 1.61. The number of ether oxygens (including phenoxy) is 1. The molecule has 116 valence electrons. The molecular formula is C15H11Cl4NO2. The van der Waals surface area contributed by atoms with Crippen molar-refractivity contribution in [2.24, 2.45) is 0 Å². The zero-order chi connectivity index (χ0) is 16.3. The van der Waals surface area contributed by atoms with Crippen LogP contribution in [-0.4, -0.2) is 12.0 Å². The monoisotopic (exact) mass is 377 g/mol. The van der Waals surface area contributed by atoms with Gasteiger partial charge in [0.05, 0.1) is 15.1 Å². The molecule has 0 heterocycles. The zero-order valence-corrected chi connectivity index (χ0v) is 14.4. The van der Waals surface area contributed by atoms with E-state index in [1.165, 1.54) is 0 Å². The summed E-state index contributed by atoms with van der Waals surface area (Å²) in [6.07, 6.45) is -0.756. The van der Waals surface area contributed by atoms with Crippen molar-refractivity contribution in [2.45, 2.75) is 13.0 Å². The predicted octanol–water partition coefficient (Wildman–Crippen LogP) is 5.71. The van der Waals surface area contributed by atoms with Gasteiger partial charge in [0.2, 0.25) is 0 Å². The molecule has 2 rings (SSSR count). The average molecular weight is 379 g/mol. The Balaban J connectivity index is 2.04. The van der Waals surface area contributed by atoms with Crippen LogP contribution in [0, 0.1) is 0 Å². The number of halogens is 4. The SMILES string of the molecule is CC(Oc1ccc(Cl)cc1Cl)C(=O)Nc1ccc(Cl)c(Cl)c1. The van der Waals surface area contributed by atoms with Gasteiger partial charge >= 0.3 is 0 Å². The molecule has 0 radical (unpaired) electrons. The Labute approximate surface area is 148 Å². The van der Waals surface area contributed by atoms with E-state index in [0.29, 0.717) is 31.5 Å². The van der Waals surface area contributed by atoms with Crippen LogP contribution in [0.3, 0.4) is 0 Å². The lowest BCUT2D eigenvalue weighted by atomic mass is 10.3. The first kappa shape index (κ1) is 17.2. The van der Waals surface area contributed by atoms with Crippen molar-refractivity contribution in [1.82, 2.24) is 0 Å². The van der Waals surface area contributed by atoms with Crippen LogP contribution >= 0.6 is 46.4 Å². The van der Waals surface area contributed by atoms with Crippen LogP contribution in [-0.2, 0) is 4.79 Å². The first-order chi connectivity index (χ1) is 10.4. The van der Waals surface area contributed by atoms with Crippen molar-refractivity contribution < 1.29 is 9.53 Å². The molecule has 0 aliphatic carbocycles. The van der Waals surface area contributed by atoms with E-state index in [-0.39, 0.29) is 5.91 Å². The van der Waals surface area contributed by atoms with E-state index < -0.39 is 6.10 Å². The standard InChI is InChI=1S/C15H11Cl4NO2/c1-8(22-14-5-2-9(16)6-13(14)19)15(21)20-10-3-4-11(17)12(18)7-10/h2-8H,1H3,(H,20,21).